The molecule has 0 saturated carbocycles. The van der Waals surface area contributed by atoms with Crippen molar-refractivity contribution in [1.29, 1.82) is 0 Å². The van der Waals surface area contributed by atoms with Crippen LogP contribution in [0.15, 0.2) is 36.7 Å². The van der Waals surface area contributed by atoms with Crippen LogP contribution in [-0.4, -0.2) is 67.2 Å². The zero-order valence-electron chi connectivity index (χ0n) is 17.3. The number of carbonyl (C=O) groups excluding carboxylic acids is 1. The highest BCUT2D eigenvalue weighted by Gasteiger charge is 2.24. The molecule has 0 aliphatic carbocycles. The summed E-state index contributed by atoms with van der Waals surface area (Å²) >= 11 is 0. The molecular formula is C22H29N5O2. The maximum Gasteiger partial charge on any atom is 0.274 e. The fourth-order valence-electron chi connectivity index (χ4n) is 4.04. The number of likely N-dealkylation sites (tertiary alicyclic amines) is 1. The molecule has 0 unspecified atom stereocenters. The van der Waals surface area contributed by atoms with Crippen molar-refractivity contribution in [3.05, 3.63) is 42.4 Å². The smallest absolute Gasteiger partial charge is 0.274 e. The molecule has 7 nitrogen and oxygen atoms in total. The molecule has 0 bridgehead atoms. The number of methoxy groups -OCH3 is 1. The van der Waals surface area contributed by atoms with Crippen LogP contribution in [0.3, 0.4) is 0 Å². The van der Waals surface area contributed by atoms with Crippen LogP contribution in [0.1, 0.15) is 30.3 Å². The maximum absolute atomic E-state index is 12.6. The molecule has 29 heavy (non-hydrogen) atoms. The lowest BCUT2D eigenvalue weighted by Gasteiger charge is -2.37. The number of carbonyl (C=O) groups is 1. The van der Waals surface area contributed by atoms with E-state index in [1.807, 2.05) is 23.1 Å². The lowest BCUT2D eigenvalue weighted by molar-refractivity contribution is 0.0691. The summed E-state index contributed by atoms with van der Waals surface area (Å²) in [5.74, 6) is 2.42. The molecule has 0 spiro atoms. The highest BCUT2D eigenvalue weighted by Crippen LogP contribution is 2.29. The molecule has 0 radical (unpaired) electrons. The summed E-state index contributed by atoms with van der Waals surface area (Å²) < 4.78 is 5.49. The van der Waals surface area contributed by atoms with E-state index in [0.29, 0.717) is 11.6 Å². The van der Waals surface area contributed by atoms with Gasteiger partial charge in [0.2, 0.25) is 0 Å². The Hall–Kier alpha value is -2.83. The highest BCUT2D eigenvalue weighted by atomic mass is 16.5. The predicted molar refractivity (Wildman–Crippen MR) is 114 cm³/mol. The van der Waals surface area contributed by atoms with Gasteiger partial charge in [-0.15, -0.1) is 0 Å². The van der Waals surface area contributed by atoms with E-state index < -0.39 is 0 Å². The van der Waals surface area contributed by atoms with Gasteiger partial charge in [-0.1, -0.05) is 19.1 Å². The zero-order chi connectivity index (χ0) is 20.2. The second kappa shape index (κ2) is 8.68. The molecule has 2 fully saturated rings. The van der Waals surface area contributed by atoms with Gasteiger partial charge in [-0.05, 0) is 30.9 Å². The number of para-hydroxylation sites is 2. The molecule has 0 N–H and O–H groups in total. The van der Waals surface area contributed by atoms with Gasteiger partial charge in [-0.25, -0.2) is 9.97 Å². The Bertz CT molecular complexity index is 825. The van der Waals surface area contributed by atoms with Gasteiger partial charge in [0.05, 0.1) is 25.2 Å². The Balaban J connectivity index is 1.36. The van der Waals surface area contributed by atoms with Crippen LogP contribution < -0.4 is 14.5 Å². The first kappa shape index (κ1) is 19.5. The molecule has 2 saturated heterocycles. The van der Waals surface area contributed by atoms with E-state index in [9.17, 15) is 4.79 Å². The van der Waals surface area contributed by atoms with E-state index in [-0.39, 0.29) is 5.91 Å². The fourth-order valence-corrected chi connectivity index (χ4v) is 4.04. The maximum atomic E-state index is 12.6. The van der Waals surface area contributed by atoms with Crippen LogP contribution in [0, 0.1) is 5.92 Å². The van der Waals surface area contributed by atoms with Gasteiger partial charge in [0.1, 0.15) is 17.3 Å². The van der Waals surface area contributed by atoms with E-state index in [1.54, 1.807) is 19.5 Å². The topological polar surface area (TPSA) is 61.8 Å². The minimum atomic E-state index is -0.00283. The van der Waals surface area contributed by atoms with Crippen LogP contribution >= 0.6 is 0 Å². The van der Waals surface area contributed by atoms with Crippen molar-refractivity contribution < 1.29 is 9.53 Å². The third kappa shape index (κ3) is 4.28. The Morgan fingerprint density at radius 3 is 2.31 bits per heavy atom. The summed E-state index contributed by atoms with van der Waals surface area (Å²) in [6.07, 6.45) is 5.49. The number of piperazine rings is 1. The molecule has 2 aliphatic heterocycles. The first-order chi connectivity index (χ1) is 14.2. The van der Waals surface area contributed by atoms with Crippen LogP contribution in [0.2, 0.25) is 0 Å². The van der Waals surface area contributed by atoms with Crippen molar-refractivity contribution in [3.63, 3.8) is 0 Å². The highest BCUT2D eigenvalue weighted by molar-refractivity contribution is 5.92. The van der Waals surface area contributed by atoms with E-state index in [2.05, 4.69) is 32.8 Å². The number of ether oxygens (including phenoxy) is 1. The van der Waals surface area contributed by atoms with Gasteiger partial charge in [0.25, 0.3) is 5.91 Å². The van der Waals surface area contributed by atoms with E-state index >= 15 is 0 Å². The van der Waals surface area contributed by atoms with Gasteiger partial charge < -0.3 is 19.4 Å². The van der Waals surface area contributed by atoms with Crippen molar-refractivity contribution in [3.8, 4) is 5.75 Å². The lowest BCUT2D eigenvalue weighted by atomic mass is 9.99. The minimum Gasteiger partial charge on any atom is -0.495 e. The molecule has 1 aromatic heterocycles. The molecule has 1 amide bonds. The average molecular weight is 396 g/mol. The number of amides is 1. The largest absolute Gasteiger partial charge is 0.495 e. The SMILES string of the molecule is COc1ccccc1N1CCN(c2cnc(C(=O)N3CCC(C)CC3)cn2)CC1. The first-order valence-electron chi connectivity index (χ1n) is 10.4. The molecule has 1 aromatic carbocycles. The van der Waals surface area contributed by atoms with Crippen LogP contribution in [0.5, 0.6) is 5.75 Å². The normalized spacial score (nSPS) is 18.1. The summed E-state index contributed by atoms with van der Waals surface area (Å²) in [6, 6.07) is 8.11. The number of nitrogens with zero attached hydrogens (tertiary/aromatic N) is 5. The Kier molecular flexibility index (Phi) is 5.83. The predicted octanol–water partition coefficient (Wildman–Crippen LogP) is 2.68. The van der Waals surface area contributed by atoms with Crippen LogP contribution in [0.4, 0.5) is 11.5 Å². The number of rotatable bonds is 4. The second-order valence-corrected chi connectivity index (χ2v) is 7.88. The Morgan fingerprint density at radius 2 is 1.66 bits per heavy atom. The molecule has 7 heteroatoms. The summed E-state index contributed by atoms with van der Waals surface area (Å²) in [4.78, 5) is 28.1. The third-order valence-electron chi connectivity index (χ3n) is 5.96. The van der Waals surface area contributed by atoms with Crippen molar-refractivity contribution >= 4 is 17.4 Å². The van der Waals surface area contributed by atoms with Gasteiger partial charge in [0.15, 0.2) is 0 Å². The Labute approximate surface area is 172 Å². The lowest BCUT2D eigenvalue weighted by Crippen LogP contribution is -2.47. The van der Waals surface area contributed by atoms with Crippen molar-refractivity contribution in [2.24, 2.45) is 5.92 Å². The standard InChI is InChI=1S/C22H29N5O2/c1-17-7-9-27(10-8-17)22(28)18-15-24-21(16-23-18)26-13-11-25(12-14-26)19-5-3-4-6-20(19)29-2/h3-6,15-17H,7-14H2,1-2H3. The van der Waals surface area contributed by atoms with Gasteiger partial charge in [-0.2, -0.15) is 0 Å². The Morgan fingerprint density at radius 1 is 0.966 bits per heavy atom. The molecule has 3 heterocycles. The van der Waals surface area contributed by atoms with E-state index in [1.165, 1.54) is 0 Å². The number of anilines is 2. The molecular weight excluding hydrogens is 366 g/mol. The van der Waals surface area contributed by atoms with Gasteiger partial charge in [-0.3, -0.25) is 4.79 Å². The van der Waals surface area contributed by atoms with Crippen molar-refractivity contribution in [1.82, 2.24) is 14.9 Å². The fraction of sp³-hybridized carbons (Fsp3) is 0.500. The zero-order valence-corrected chi connectivity index (χ0v) is 17.3. The molecule has 2 aliphatic rings. The van der Waals surface area contributed by atoms with Gasteiger partial charge in [0, 0.05) is 39.3 Å². The molecule has 2 aromatic rings. The minimum absolute atomic E-state index is 0.00283. The number of benzene rings is 1. The number of piperidine rings is 1. The van der Waals surface area contributed by atoms with E-state index in [4.69, 9.17) is 4.74 Å². The van der Waals surface area contributed by atoms with Crippen molar-refractivity contribution in [2.45, 2.75) is 19.8 Å². The van der Waals surface area contributed by atoms with E-state index in [0.717, 1.165) is 69.4 Å². The second-order valence-electron chi connectivity index (χ2n) is 7.88. The quantitative estimate of drug-likeness (QED) is 0.793. The summed E-state index contributed by atoms with van der Waals surface area (Å²) in [5, 5.41) is 0. The van der Waals surface area contributed by atoms with Crippen LogP contribution in [0.25, 0.3) is 0 Å². The van der Waals surface area contributed by atoms with Crippen LogP contribution in [-0.2, 0) is 0 Å². The summed E-state index contributed by atoms with van der Waals surface area (Å²) in [6.45, 7) is 7.34. The summed E-state index contributed by atoms with van der Waals surface area (Å²) in [7, 11) is 1.71. The number of aromatic nitrogens is 2. The third-order valence-corrected chi connectivity index (χ3v) is 5.96. The average Bonchev–Trinajstić information content (AvgIpc) is 2.79. The van der Waals surface area contributed by atoms with Gasteiger partial charge >= 0.3 is 0 Å². The first-order valence-corrected chi connectivity index (χ1v) is 10.4. The number of hydrogen-bond donors (Lipinski definition) is 0. The van der Waals surface area contributed by atoms with Crippen molar-refractivity contribution in [2.75, 3.05) is 56.2 Å². The molecule has 154 valence electrons. The molecule has 0 atom stereocenters. The number of hydrogen-bond acceptors (Lipinski definition) is 6. The molecule has 4 rings (SSSR count). The monoisotopic (exact) mass is 395 g/mol. The summed E-state index contributed by atoms with van der Waals surface area (Å²) in [5.41, 5.74) is 1.56.